The Kier molecular flexibility index (Phi) is 8.92. The van der Waals surface area contributed by atoms with Crippen LogP contribution in [0, 0.1) is 13.8 Å². The number of aryl methyl sites for hydroxylation is 2. The van der Waals surface area contributed by atoms with Gasteiger partial charge in [0.25, 0.3) is 10.1 Å². The summed E-state index contributed by atoms with van der Waals surface area (Å²) in [6.07, 6.45) is 4.49. The molecule has 172 valence electrons. The largest absolute Gasteiger partial charge is 0.441 e. The Balaban J connectivity index is 1.43. The first kappa shape index (κ1) is 24.2. The molecule has 0 bridgehead atoms. The van der Waals surface area contributed by atoms with E-state index < -0.39 is 15.3 Å². The van der Waals surface area contributed by atoms with E-state index in [1.165, 1.54) is 0 Å². The maximum atomic E-state index is 11.2. The van der Waals surface area contributed by atoms with Gasteiger partial charge in [0.2, 0.25) is 5.89 Å². The molecule has 0 aliphatic heterocycles. The fourth-order valence-corrected chi connectivity index (χ4v) is 4.22. The molecule has 9 heteroatoms. The monoisotopic (exact) mass is 471 g/mol. The highest BCUT2D eigenvalue weighted by Gasteiger charge is 2.24. The third kappa shape index (κ3) is 7.57. The number of benzene rings is 1. The van der Waals surface area contributed by atoms with Gasteiger partial charge >= 0.3 is 0 Å². The van der Waals surface area contributed by atoms with Crippen molar-refractivity contribution in [3.05, 3.63) is 41.3 Å². The second-order valence-corrected chi connectivity index (χ2v) is 10.1. The van der Waals surface area contributed by atoms with Gasteiger partial charge in [-0.1, -0.05) is 17.7 Å². The summed E-state index contributed by atoms with van der Waals surface area (Å²) in [6.45, 7) is 4.88. The van der Waals surface area contributed by atoms with Crippen molar-refractivity contribution in [2.24, 2.45) is 0 Å². The van der Waals surface area contributed by atoms with E-state index in [0.29, 0.717) is 25.5 Å². The van der Waals surface area contributed by atoms with Gasteiger partial charge in [0.15, 0.2) is 0 Å². The molecule has 0 radical (unpaired) electrons. The molecule has 1 heterocycles. The van der Waals surface area contributed by atoms with Crippen LogP contribution in [0.1, 0.15) is 49.1 Å². The topological polar surface area (TPSA) is 87.9 Å². The maximum absolute atomic E-state index is 11.2. The van der Waals surface area contributed by atoms with E-state index in [1.54, 1.807) is 0 Å². The van der Waals surface area contributed by atoms with E-state index in [9.17, 15) is 8.42 Å². The molecule has 2 aromatic rings. The Bertz CT molecular complexity index is 945. The first-order chi connectivity index (χ1) is 14.9. The average Bonchev–Trinajstić information content (AvgIpc) is 3.13. The molecule has 1 aromatic heterocycles. The molecule has 1 aliphatic rings. The van der Waals surface area contributed by atoms with Crippen molar-refractivity contribution in [3.63, 3.8) is 0 Å². The zero-order valence-corrected chi connectivity index (χ0v) is 19.6. The fraction of sp³-hybridized carbons (Fsp3) is 0.591. The molecule has 0 N–H and O–H groups in total. The van der Waals surface area contributed by atoms with Gasteiger partial charge in [-0.3, -0.25) is 4.18 Å². The molecule has 0 unspecified atom stereocenters. The van der Waals surface area contributed by atoms with Crippen molar-refractivity contribution in [1.82, 2.24) is 4.98 Å². The SMILES string of the molecule is Cc1cccc(-c2nc(CO[C@H]3CCC[C@@H](OCCCOS(=O)(=O)CCl)C3)c(C)o2)c1. The van der Waals surface area contributed by atoms with Crippen LogP contribution >= 0.6 is 11.6 Å². The zero-order chi connectivity index (χ0) is 22.3. The van der Waals surface area contributed by atoms with Crippen LogP contribution < -0.4 is 0 Å². The van der Waals surface area contributed by atoms with Crippen molar-refractivity contribution < 1.29 is 26.5 Å². The lowest BCUT2D eigenvalue weighted by Crippen LogP contribution is -2.28. The van der Waals surface area contributed by atoms with Crippen molar-refractivity contribution >= 4 is 21.7 Å². The van der Waals surface area contributed by atoms with Gasteiger partial charge < -0.3 is 13.9 Å². The fourth-order valence-electron chi connectivity index (χ4n) is 3.59. The number of ether oxygens (including phenoxy) is 2. The van der Waals surface area contributed by atoms with Gasteiger partial charge in [-0.2, -0.15) is 8.42 Å². The molecule has 1 fully saturated rings. The summed E-state index contributed by atoms with van der Waals surface area (Å²) in [4.78, 5) is 4.63. The number of rotatable bonds is 11. The molecule has 31 heavy (non-hydrogen) atoms. The molecular formula is C22H30ClNO6S. The Labute approximate surface area is 189 Å². The highest BCUT2D eigenvalue weighted by molar-refractivity contribution is 7.87. The van der Waals surface area contributed by atoms with E-state index in [-0.39, 0.29) is 18.8 Å². The van der Waals surface area contributed by atoms with Crippen LogP contribution in [0.5, 0.6) is 0 Å². The first-order valence-corrected chi connectivity index (χ1v) is 12.7. The summed E-state index contributed by atoms with van der Waals surface area (Å²) in [5.41, 5.74) is 2.94. The Morgan fingerprint density at radius 1 is 1.16 bits per heavy atom. The van der Waals surface area contributed by atoms with Crippen LogP contribution in [0.2, 0.25) is 0 Å². The third-order valence-corrected chi connectivity index (χ3v) is 6.83. The molecule has 1 aliphatic carbocycles. The molecular weight excluding hydrogens is 442 g/mol. The third-order valence-electron chi connectivity index (χ3n) is 5.23. The van der Waals surface area contributed by atoms with E-state index >= 15 is 0 Å². The minimum absolute atomic E-state index is 0.0798. The molecule has 1 saturated carbocycles. The smallest absolute Gasteiger partial charge is 0.281 e. The normalized spacial score (nSPS) is 19.6. The van der Waals surface area contributed by atoms with Gasteiger partial charge in [0, 0.05) is 12.2 Å². The van der Waals surface area contributed by atoms with Crippen molar-refractivity contribution in [3.8, 4) is 11.5 Å². The van der Waals surface area contributed by atoms with Crippen LogP contribution in [0.25, 0.3) is 11.5 Å². The lowest BCUT2D eigenvalue weighted by molar-refractivity contribution is -0.0524. The van der Waals surface area contributed by atoms with Crippen LogP contribution in [-0.2, 0) is 30.4 Å². The van der Waals surface area contributed by atoms with E-state index in [4.69, 9.17) is 29.7 Å². The van der Waals surface area contributed by atoms with Crippen LogP contribution in [-0.4, -0.2) is 44.0 Å². The number of hydrogen-bond donors (Lipinski definition) is 0. The molecule has 3 rings (SSSR count). The van der Waals surface area contributed by atoms with Crippen molar-refractivity contribution in [2.75, 3.05) is 18.4 Å². The lowest BCUT2D eigenvalue weighted by atomic mass is 9.95. The predicted molar refractivity (Wildman–Crippen MR) is 118 cm³/mol. The van der Waals surface area contributed by atoms with E-state index in [1.807, 2.05) is 32.0 Å². The minimum Gasteiger partial charge on any atom is -0.441 e. The Morgan fingerprint density at radius 3 is 2.68 bits per heavy atom. The molecule has 0 saturated heterocycles. The summed E-state index contributed by atoms with van der Waals surface area (Å²) >= 11 is 5.30. The van der Waals surface area contributed by atoms with Gasteiger partial charge in [0.1, 0.15) is 16.7 Å². The second kappa shape index (κ2) is 11.4. The van der Waals surface area contributed by atoms with Crippen LogP contribution in [0.4, 0.5) is 0 Å². The quantitative estimate of drug-likeness (QED) is 0.266. The number of oxazole rings is 1. The van der Waals surface area contributed by atoms with Gasteiger partial charge in [-0.15, -0.1) is 11.6 Å². The minimum atomic E-state index is -3.61. The summed E-state index contributed by atoms with van der Waals surface area (Å²) < 4.78 is 45.0. The van der Waals surface area contributed by atoms with Crippen molar-refractivity contribution in [2.45, 2.75) is 64.8 Å². The number of alkyl halides is 1. The summed E-state index contributed by atoms with van der Waals surface area (Å²) in [5.74, 6) is 1.38. The molecule has 0 spiro atoms. The van der Waals surface area contributed by atoms with E-state index in [2.05, 4.69) is 11.1 Å². The molecule has 1 aromatic carbocycles. The molecule has 0 amide bonds. The summed E-state index contributed by atoms with van der Waals surface area (Å²) in [6, 6.07) is 8.07. The standard InChI is InChI=1S/C22H30ClNO6S/c1-16-6-3-7-18(12-16)22-24-21(17(2)30-22)14-28-20-9-4-8-19(13-20)27-10-5-11-29-31(25,26)15-23/h3,6-7,12,19-20H,4-5,8-11,13-15H2,1-2H3/t19-,20+/m1/s1. The number of hydrogen-bond acceptors (Lipinski definition) is 7. The van der Waals surface area contributed by atoms with Crippen molar-refractivity contribution in [1.29, 1.82) is 0 Å². The maximum Gasteiger partial charge on any atom is 0.281 e. The Morgan fingerprint density at radius 2 is 1.94 bits per heavy atom. The van der Waals surface area contributed by atoms with E-state index in [0.717, 1.165) is 48.3 Å². The molecule has 2 atom stereocenters. The predicted octanol–water partition coefficient (Wildman–Crippen LogP) is 4.74. The zero-order valence-electron chi connectivity index (χ0n) is 18.0. The highest BCUT2D eigenvalue weighted by atomic mass is 35.5. The number of halogens is 1. The van der Waals surface area contributed by atoms with Gasteiger partial charge in [0.05, 0.1) is 25.4 Å². The molecule has 7 nitrogen and oxygen atoms in total. The highest BCUT2D eigenvalue weighted by Crippen LogP contribution is 2.27. The lowest BCUT2D eigenvalue weighted by Gasteiger charge is -2.29. The van der Waals surface area contributed by atoms with Gasteiger partial charge in [-0.25, -0.2) is 4.98 Å². The summed E-state index contributed by atoms with van der Waals surface area (Å²) in [7, 11) is -3.61. The first-order valence-electron chi connectivity index (χ1n) is 10.6. The van der Waals surface area contributed by atoms with Crippen LogP contribution in [0.3, 0.4) is 0 Å². The second-order valence-electron chi connectivity index (χ2n) is 7.83. The summed E-state index contributed by atoms with van der Waals surface area (Å²) in [5, 5.41) is -0.535. The van der Waals surface area contributed by atoms with Gasteiger partial charge in [-0.05, 0) is 58.1 Å². The number of aromatic nitrogens is 1. The number of nitrogens with zero attached hydrogens (tertiary/aromatic N) is 1. The average molecular weight is 472 g/mol. The Hall–Kier alpha value is -1.45. The van der Waals surface area contributed by atoms with Crippen LogP contribution in [0.15, 0.2) is 28.7 Å².